The number of anilines is 2. The molecule has 1 aromatic carbocycles. The van der Waals surface area contributed by atoms with Gasteiger partial charge in [-0.1, -0.05) is 6.07 Å². The van der Waals surface area contributed by atoms with E-state index in [1.165, 1.54) is 5.56 Å². The number of benzene rings is 1. The van der Waals surface area contributed by atoms with Crippen LogP contribution >= 0.6 is 27.5 Å². The zero-order valence-electron chi connectivity index (χ0n) is 9.91. The number of aromatic nitrogens is 4. The Hall–Kier alpha value is -1.66. The van der Waals surface area contributed by atoms with E-state index in [0.717, 1.165) is 15.7 Å². The number of hydrogen-bond donors (Lipinski definition) is 2. The quantitative estimate of drug-likeness (QED) is 0.697. The maximum atomic E-state index is 5.88. The molecule has 0 amide bonds. The van der Waals surface area contributed by atoms with Gasteiger partial charge in [-0.2, -0.15) is 9.97 Å². The van der Waals surface area contributed by atoms with Gasteiger partial charge in [0.05, 0.1) is 12.0 Å². The van der Waals surface area contributed by atoms with Crippen molar-refractivity contribution in [3.8, 4) is 0 Å². The summed E-state index contributed by atoms with van der Waals surface area (Å²) in [5, 5.41) is 3.37. The summed E-state index contributed by atoms with van der Waals surface area (Å²) in [4.78, 5) is 15.3. The lowest BCUT2D eigenvalue weighted by molar-refractivity contribution is 1.20. The van der Waals surface area contributed by atoms with Gasteiger partial charge in [0, 0.05) is 4.47 Å². The van der Waals surface area contributed by atoms with E-state index in [4.69, 9.17) is 11.6 Å². The zero-order valence-corrected chi connectivity index (χ0v) is 12.2. The number of aryl methyl sites for hydroxylation is 1. The lowest BCUT2D eigenvalue weighted by Crippen LogP contribution is -1.98. The highest BCUT2D eigenvalue weighted by atomic mass is 79.9. The highest BCUT2D eigenvalue weighted by Gasteiger charge is 2.10. The molecule has 96 valence electrons. The number of imidazole rings is 1. The van der Waals surface area contributed by atoms with Gasteiger partial charge >= 0.3 is 0 Å². The molecule has 0 unspecified atom stereocenters. The first-order valence-corrected chi connectivity index (χ1v) is 6.70. The molecule has 0 fully saturated rings. The van der Waals surface area contributed by atoms with E-state index in [1.54, 1.807) is 6.33 Å². The van der Waals surface area contributed by atoms with Crippen molar-refractivity contribution < 1.29 is 0 Å². The fraction of sp³-hybridized carbons (Fsp3) is 0.0833. The number of halogens is 2. The number of nitrogens with one attached hydrogen (secondary N) is 2. The van der Waals surface area contributed by atoms with Crippen molar-refractivity contribution in [2.75, 3.05) is 5.32 Å². The molecule has 0 spiro atoms. The van der Waals surface area contributed by atoms with Crippen molar-refractivity contribution in [2.24, 2.45) is 0 Å². The van der Waals surface area contributed by atoms with Crippen LogP contribution in [0.25, 0.3) is 11.2 Å². The second-order valence-electron chi connectivity index (χ2n) is 4.05. The van der Waals surface area contributed by atoms with E-state index in [2.05, 4.69) is 41.2 Å². The molecule has 19 heavy (non-hydrogen) atoms. The fourth-order valence-electron chi connectivity index (χ4n) is 1.75. The molecule has 0 radical (unpaired) electrons. The molecule has 0 saturated heterocycles. The average Bonchev–Trinajstić information content (AvgIpc) is 2.80. The van der Waals surface area contributed by atoms with Crippen LogP contribution in [-0.4, -0.2) is 19.9 Å². The van der Waals surface area contributed by atoms with Crippen LogP contribution in [0.15, 0.2) is 29.0 Å². The van der Waals surface area contributed by atoms with Gasteiger partial charge in [-0.05, 0) is 52.2 Å². The minimum absolute atomic E-state index is 0.158. The van der Waals surface area contributed by atoms with Gasteiger partial charge in [0.1, 0.15) is 5.52 Å². The third-order valence-electron chi connectivity index (χ3n) is 2.64. The molecular formula is C12H9BrClN5. The SMILES string of the molecule is Cc1ccc(Nc2nc(Cl)nc3nc[nH]c23)c(Br)c1. The van der Waals surface area contributed by atoms with Crippen LogP contribution in [0, 0.1) is 6.92 Å². The summed E-state index contributed by atoms with van der Waals surface area (Å²) in [6.07, 6.45) is 1.56. The fourth-order valence-corrected chi connectivity index (χ4v) is 2.50. The molecule has 0 aliphatic carbocycles. The third kappa shape index (κ3) is 2.41. The first-order chi connectivity index (χ1) is 9.13. The second-order valence-corrected chi connectivity index (χ2v) is 5.24. The molecule has 2 aromatic heterocycles. The standard InChI is InChI=1S/C12H9BrClN5/c1-6-2-3-8(7(13)4-6)17-11-9-10(16-5-15-9)18-12(14)19-11/h2-5H,1H3,(H2,15,16,17,18,19). The molecule has 2 N–H and O–H groups in total. The number of hydrogen-bond acceptors (Lipinski definition) is 4. The number of nitrogens with zero attached hydrogens (tertiary/aromatic N) is 3. The van der Waals surface area contributed by atoms with E-state index in [9.17, 15) is 0 Å². The summed E-state index contributed by atoms with van der Waals surface area (Å²) in [7, 11) is 0. The van der Waals surface area contributed by atoms with Crippen LogP contribution in [0.3, 0.4) is 0 Å². The van der Waals surface area contributed by atoms with Crippen molar-refractivity contribution in [1.29, 1.82) is 0 Å². The Morgan fingerprint density at radius 1 is 1.32 bits per heavy atom. The Kier molecular flexibility index (Phi) is 3.12. The summed E-state index contributed by atoms with van der Waals surface area (Å²) in [6.45, 7) is 2.03. The normalized spacial score (nSPS) is 10.9. The lowest BCUT2D eigenvalue weighted by Gasteiger charge is -2.09. The monoisotopic (exact) mass is 337 g/mol. The topological polar surface area (TPSA) is 66.5 Å². The van der Waals surface area contributed by atoms with E-state index >= 15 is 0 Å². The largest absolute Gasteiger partial charge is 0.340 e. The van der Waals surface area contributed by atoms with Crippen LogP contribution < -0.4 is 5.32 Å². The van der Waals surface area contributed by atoms with Gasteiger partial charge in [-0.25, -0.2) is 4.98 Å². The first-order valence-electron chi connectivity index (χ1n) is 5.53. The molecule has 5 nitrogen and oxygen atoms in total. The summed E-state index contributed by atoms with van der Waals surface area (Å²) < 4.78 is 0.954. The van der Waals surface area contributed by atoms with Crippen molar-refractivity contribution in [2.45, 2.75) is 6.92 Å². The summed E-state index contributed by atoms with van der Waals surface area (Å²) in [5.41, 5.74) is 3.32. The summed E-state index contributed by atoms with van der Waals surface area (Å²) in [6, 6.07) is 6.01. The summed E-state index contributed by atoms with van der Waals surface area (Å²) in [5.74, 6) is 0.594. The van der Waals surface area contributed by atoms with Crippen molar-refractivity contribution >= 4 is 50.2 Å². The molecule has 3 rings (SSSR count). The second kappa shape index (κ2) is 4.79. The minimum Gasteiger partial charge on any atom is -0.340 e. The van der Waals surface area contributed by atoms with Gasteiger partial charge in [0.15, 0.2) is 11.5 Å². The molecule has 0 aliphatic heterocycles. The maximum Gasteiger partial charge on any atom is 0.226 e. The molecule has 0 aliphatic rings. The number of rotatable bonds is 2. The Balaban J connectivity index is 2.07. The molecule has 0 saturated carbocycles. The van der Waals surface area contributed by atoms with Gasteiger partial charge in [-0.15, -0.1) is 0 Å². The zero-order chi connectivity index (χ0) is 13.4. The number of fused-ring (bicyclic) bond motifs is 1. The Bertz CT molecular complexity index is 755. The predicted octanol–water partition coefficient (Wildman–Crippen LogP) is 3.82. The first kappa shape index (κ1) is 12.4. The van der Waals surface area contributed by atoms with Crippen LogP contribution in [-0.2, 0) is 0 Å². The maximum absolute atomic E-state index is 5.88. The number of H-pyrrole nitrogens is 1. The van der Waals surface area contributed by atoms with E-state index in [-0.39, 0.29) is 5.28 Å². The van der Waals surface area contributed by atoms with E-state index < -0.39 is 0 Å². The van der Waals surface area contributed by atoms with Crippen LogP contribution in [0.2, 0.25) is 5.28 Å². The minimum atomic E-state index is 0.158. The number of aromatic amines is 1. The van der Waals surface area contributed by atoms with Gasteiger partial charge in [-0.3, -0.25) is 0 Å². The Labute approximate surface area is 122 Å². The van der Waals surface area contributed by atoms with Gasteiger partial charge in [0.25, 0.3) is 0 Å². The molecular weight excluding hydrogens is 330 g/mol. The molecule has 0 atom stereocenters. The van der Waals surface area contributed by atoms with Crippen LogP contribution in [0.4, 0.5) is 11.5 Å². The smallest absolute Gasteiger partial charge is 0.226 e. The van der Waals surface area contributed by atoms with Crippen LogP contribution in [0.1, 0.15) is 5.56 Å². The Morgan fingerprint density at radius 2 is 2.16 bits per heavy atom. The predicted molar refractivity (Wildman–Crippen MR) is 78.9 cm³/mol. The highest BCUT2D eigenvalue weighted by molar-refractivity contribution is 9.10. The van der Waals surface area contributed by atoms with Crippen molar-refractivity contribution in [1.82, 2.24) is 19.9 Å². The lowest BCUT2D eigenvalue weighted by atomic mass is 10.2. The van der Waals surface area contributed by atoms with E-state index in [0.29, 0.717) is 11.5 Å². The Morgan fingerprint density at radius 3 is 2.95 bits per heavy atom. The average molecular weight is 339 g/mol. The molecule has 0 bridgehead atoms. The van der Waals surface area contributed by atoms with Crippen molar-refractivity contribution in [3.63, 3.8) is 0 Å². The van der Waals surface area contributed by atoms with Crippen LogP contribution in [0.5, 0.6) is 0 Å². The molecule has 2 heterocycles. The van der Waals surface area contributed by atoms with Gasteiger partial charge in [0.2, 0.25) is 5.28 Å². The highest BCUT2D eigenvalue weighted by Crippen LogP contribution is 2.28. The van der Waals surface area contributed by atoms with E-state index in [1.807, 2.05) is 25.1 Å². The third-order valence-corrected chi connectivity index (χ3v) is 3.46. The summed E-state index contributed by atoms with van der Waals surface area (Å²) >= 11 is 9.40. The van der Waals surface area contributed by atoms with Gasteiger partial charge < -0.3 is 10.3 Å². The molecule has 3 aromatic rings. The van der Waals surface area contributed by atoms with Crippen molar-refractivity contribution in [3.05, 3.63) is 39.8 Å². The molecule has 7 heteroatoms.